The van der Waals surface area contributed by atoms with Gasteiger partial charge in [0.15, 0.2) is 0 Å². The fourth-order valence-electron chi connectivity index (χ4n) is 1.96. The van der Waals surface area contributed by atoms with Gasteiger partial charge in [-0.2, -0.15) is 0 Å². The average Bonchev–Trinajstić information content (AvgIpc) is 3.01. The summed E-state index contributed by atoms with van der Waals surface area (Å²) in [5, 5.41) is 2.96. The first-order valence-corrected chi connectivity index (χ1v) is 6.80. The van der Waals surface area contributed by atoms with Gasteiger partial charge in [0.25, 0.3) is 0 Å². The van der Waals surface area contributed by atoms with Gasteiger partial charge >= 0.3 is 0 Å². The standard InChI is InChI=1S/C9H18N2O2S/c1-11(8-4-5-8)14(12,13)9-3-2-6-10-7-9/h8-10H,2-7H2,1H3. The van der Waals surface area contributed by atoms with E-state index in [-0.39, 0.29) is 5.25 Å². The molecule has 0 bridgehead atoms. The Morgan fingerprint density at radius 3 is 2.50 bits per heavy atom. The van der Waals surface area contributed by atoms with Gasteiger partial charge in [-0.15, -0.1) is 0 Å². The van der Waals surface area contributed by atoms with E-state index in [4.69, 9.17) is 0 Å². The van der Waals surface area contributed by atoms with E-state index in [1.807, 2.05) is 0 Å². The molecule has 1 saturated carbocycles. The Hall–Kier alpha value is -0.130. The highest BCUT2D eigenvalue weighted by Gasteiger charge is 2.38. The summed E-state index contributed by atoms with van der Waals surface area (Å²) in [7, 11) is -1.30. The van der Waals surface area contributed by atoms with Gasteiger partial charge in [0.1, 0.15) is 0 Å². The molecule has 2 aliphatic rings. The Balaban J connectivity index is 2.05. The van der Waals surface area contributed by atoms with Crippen LogP contribution in [-0.4, -0.2) is 44.2 Å². The summed E-state index contributed by atoms with van der Waals surface area (Å²) in [6.45, 7) is 1.58. The van der Waals surface area contributed by atoms with Crippen LogP contribution in [0.2, 0.25) is 0 Å². The first kappa shape index (κ1) is 10.4. The zero-order valence-electron chi connectivity index (χ0n) is 8.57. The van der Waals surface area contributed by atoms with Crippen molar-refractivity contribution in [3.63, 3.8) is 0 Å². The number of hydrogen-bond acceptors (Lipinski definition) is 3. The second kappa shape index (κ2) is 3.79. The Morgan fingerprint density at radius 2 is 2.00 bits per heavy atom. The van der Waals surface area contributed by atoms with Crippen LogP contribution in [0.4, 0.5) is 0 Å². The Morgan fingerprint density at radius 1 is 1.29 bits per heavy atom. The van der Waals surface area contributed by atoms with Gasteiger partial charge in [-0.25, -0.2) is 12.7 Å². The summed E-state index contributed by atoms with van der Waals surface area (Å²) < 4.78 is 25.7. The molecule has 5 heteroatoms. The number of sulfonamides is 1. The molecule has 0 aromatic heterocycles. The highest BCUT2D eigenvalue weighted by molar-refractivity contribution is 7.89. The second-order valence-electron chi connectivity index (χ2n) is 4.26. The van der Waals surface area contributed by atoms with Gasteiger partial charge in [0, 0.05) is 19.6 Å². The van der Waals surface area contributed by atoms with E-state index < -0.39 is 10.0 Å². The van der Waals surface area contributed by atoms with E-state index >= 15 is 0 Å². The summed E-state index contributed by atoms with van der Waals surface area (Å²) in [5.41, 5.74) is 0. The number of hydrogen-bond donors (Lipinski definition) is 1. The largest absolute Gasteiger partial charge is 0.315 e. The average molecular weight is 218 g/mol. The molecule has 2 rings (SSSR count). The van der Waals surface area contributed by atoms with Gasteiger partial charge in [0.05, 0.1) is 5.25 Å². The van der Waals surface area contributed by atoms with Crippen LogP contribution in [0.25, 0.3) is 0 Å². The zero-order valence-corrected chi connectivity index (χ0v) is 9.39. The van der Waals surface area contributed by atoms with Gasteiger partial charge in [0.2, 0.25) is 10.0 Å². The number of nitrogens with one attached hydrogen (secondary N) is 1. The Kier molecular flexibility index (Phi) is 2.81. The van der Waals surface area contributed by atoms with Crippen molar-refractivity contribution in [2.75, 3.05) is 20.1 Å². The van der Waals surface area contributed by atoms with Crippen molar-refractivity contribution in [2.24, 2.45) is 0 Å². The number of nitrogens with zero attached hydrogens (tertiary/aromatic N) is 1. The van der Waals surface area contributed by atoms with Gasteiger partial charge in [-0.1, -0.05) is 0 Å². The molecule has 1 saturated heterocycles. The molecule has 1 unspecified atom stereocenters. The fourth-order valence-corrected chi connectivity index (χ4v) is 3.84. The van der Waals surface area contributed by atoms with E-state index in [9.17, 15) is 8.42 Å². The van der Waals surface area contributed by atoms with Crippen LogP contribution in [0.15, 0.2) is 0 Å². The summed E-state index contributed by atoms with van der Waals surface area (Å²) in [6, 6.07) is 0.293. The van der Waals surface area contributed by atoms with Crippen molar-refractivity contribution < 1.29 is 8.42 Å². The predicted octanol–water partition coefficient (Wildman–Crippen LogP) is 0.162. The van der Waals surface area contributed by atoms with Crippen LogP contribution in [0.1, 0.15) is 25.7 Å². The lowest BCUT2D eigenvalue weighted by atomic mass is 10.2. The summed E-state index contributed by atoms with van der Waals surface area (Å²) in [4.78, 5) is 0. The SMILES string of the molecule is CN(C1CC1)S(=O)(=O)C1CCCNC1. The number of piperidine rings is 1. The van der Waals surface area contributed by atoms with Gasteiger partial charge < -0.3 is 5.32 Å². The van der Waals surface area contributed by atoms with Crippen LogP contribution in [-0.2, 0) is 10.0 Å². The maximum atomic E-state index is 12.1. The monoisotopic (exact) mass is 218 g/mol. The van der Waals surface area contributed by atoms with Gasteiger partial charge in [-0.3, -0.25) is 0 Å². The fraction of sp³-hybridized carbons (Fsp3) is 1.00. The van der Waals surface area contributed by atoms with Crippen LogP contribution < -0.4 is 5.32 Å². The molecule has 1 heterocycles. The predicted molar refractivity (Wildman–Crippen MR) is 55.6 cm³/mol. The molecule has 0 radical (unpaired) electrons. The first-order chi connectivity index (χ1) is 6.62. The van der Waals surface area contributed by atoms with E-state index in [0.29, 0.717) is 12.6 Å². The molecular weight excluding hydrogens is 200 g/mol. The van der Waals surface area contributed by atoms with Crippen LogP contribution >= 0.6 is 0 Å². The molecule has 1 aliphatic carbocycles. The molecule has 1 N–H and O–H groups in total. The highest BCUT2D eigenvalue weighted by atomic mass is 32.2. The summed E-state index contributed by atoms with van der Waals surface area (Å²) in [6.07, 6.45) is 3.86. The third-order valence-electron chi connectivity index (χ3n) is 3.14. The molecule has 2 fully saturated rings. The van der Waals surface area contributed by atoms with Crippen molar-refractivity contribution in [1.82, 2.24) is 9.62 Å². The van der Waals surface area contributed by atoms with Crippen molar-refractivity contribution in [2.45, 2.75) is 37.0 Å². The molecule has 0 amide bonds. The topological polar surface area (TPSA) is 49.4 Å². The minimum absolute atomic E-state index is 0.193. The van der Waals surface area contributed by atoms with Crippen molar-refractivity contribution >= 4 is 10.0 Å². The normalized spacial score (nSPS) is 29.4. The lowest BCUT2D eigenvalue weighted by Crippen LogP contribution is -2.45. The maximum absolute atomic E-state index is 12.1. The van der Waals surface area contributed by atoms with Crippen molar-refractivity contribution in [3.05, 3.63) is 0 Å². The minimum atomic E-state index is -3.03. The first-order valence-electron chi connectivity index (χ1n) is 5.30. The molecule has 4 nitrogen and oxygen atoms in total. The van der Waals surface area contributed by atoms with Crippen LogP contribution in [0, 0.1) is 0 Å². The Labute approximate surface area is 85.7 Å². The lowest BCUT2D eigenvalue weighted by Gasteiger charge is -2.27. The highest BCUT2D eigenvalue weighted by Crippen LogP contribution is 2.30. The molecule has 14 heavy (non-hydrogen) atoms. The van der Waals surface area contributed by atoms with Crippen molar-refractivity contribution in [3.8, 4) is 0 Å². The van der Waals surface area contributed by atoms with Gasteiger partial charge in [-0.05, 0) is 32.2 Å². The molecule has 0 aromatic carbocycles. The Bertz CT molecular complexity index is 292. The zero-order chi connectivity index (χ0) is 10.2. The quantitative estimate of drug-likeness (QED) is 0.734. The molecule has 82 valence electrons. The number of rotatable bonds is 3. The summed E-state index contributed by atoms with van der Waals surface area (Å²) >= 11 is 0. The molecule has 0 spiro atoms. The van der Waals surface area contributed by atoms with Crippen molar-refractivity contribution in [1.29, 1.82) is 0 Å². The minimum Gasteiger partial charge on any atom is -0.315 e. The third-order valence-corrected chi connectivity index (χ3v) is 5.48. The second-order valence-corrected chi connectivity index (χ2v) is 6.53. The summed E-state index contributed by atoms with van der Waals surface area (Å²) in [5.74, 6) is 0. The third kappa shape index (κ3) is 1.94. The van der Waals surface area contributed by atoms with Crippen LogP contribution in [0.5, 0.6) is 0 Å². The lowest BCUT2D eigenvalue weighted by molar-refractivity contribution is 0.428. The molecule has 1 atom stereocenters. The van der Waals surface area contributed by atoms with E-state index in [0.717, 1.165) is 32.2 Å². The maximum Gasteiger partial charge on any atom is 0.218 e. The molecule has 1 aliphatic heterocycles. The van der Waals surface area contributed by atoms with Crippen LogP contribution in [0.3, 0.4) is 0 Å². The van der Waals surface area contributed by atoms with E-state index in [2.05, 4.69) is 5.32 Å². The molecular formula is C9H18N2O2S. The smallest absolute Gasteiger partial charge is 0.218 e. The van der Waals surface area contributed by atoms with E-state index in [1.54, 1.807) is 11.4 Å². The molecule has 0 aromatic rings. The van der Waals surface area contributed by atoms with E-state index in [1.165, 1.54) is 0 Å².